The van der Waals surface area contributed by atoms with Gasteiger partial charge in [-0.05, 0) is 23.6 Å². The van der Waals surface area contributed by atoms with Crippen molar-refractivity contribution < 1.29 is 21.7 Å². The number of benzene rings is 1. The van der Waals surface area contributed by atoms with Gasteiger partial charge in [-0.25, -0.2) is 0 Å². The van der Waals surface area contributed by atoms with E-state index in [9.17, 15) is 0 Å². The van der Waals surface area contributed by atoms with Gasteiger partial charge in [-0.1, -0.05) is 49.0 Å². The van der Waals surface area contributed by atoms with Crippen molar-refractivity contribution in [1.29, 1.82) is 0 Å². The molecule has 1 aromatic rings. The van der Waals surface area contributed by atoms with Gasteiger partial charge in [-0.2, -0.15) is 0 Å². The van der Waals surface area contributed by atoms with E-state index in [0.717, 1.165) is 5.54 Å². The molecule has 1 aliphatic rings. The second-order valence-corrected chi connectivity index (χ2v) is 7.39. The monoisotopic (exact) mass is 236 g/mol. The first-order valence-electron chi connectivity index (χ1n) is 4.97. The topological polar surface area (TPSA) is 0 Å². The van der Waals surface area contributed by atoms with E-state index >= 15 is 0 Å². The molecule has 70 valence electrons. The third-order valence-electron chi connectivity index (χ3n) is 2.87. The van der Waals surface area contributed by atoms with Crippen LogP contribution in [-0.4, -0.2) is 8.80 Å². The largest absolute Gasteiger partial charge is 2.00 e. The fourth-order valence-electron chi connectivity index (χ4n) is 2.39. The zero-order chi connectivity index (χ0) is 9.42. The molecule has 0 amide bonds. The third kappa shape index (κ3) is 1.95. The maximum Gasteiger partial charge on any atom is 2.00 e. The van der Waals surface area contributed by atoms with E-state index in [1.807, 2.05) is 0 Å². The molecular weight excluding hydrogens is 220 g/mol. The molecule has 0 fully saturated rings. The molecule has 0 N–H and O–H groups in total. The van der Waals surface area contributed by atoms with E-state index < -0.39 is 8.80 Å². The average Bonchev–Trinajstić information content (AvgIpc) is 2.39. The van der Waals surface area contributed by atoms with Crippen LogP contribution in [0.25, 0.3) is 6.08 Å². The van der Waals surface area contributed by atoms with E-state index in [1.165, 1.54) is 5.56 Å². The summed E-state index contributed by atoms with van der Waals surface area (Å²) >= 11 is 0. The van der Waals surface area contributed by atoms with Crippen molar-refractivity contribution in [3.63, 3.8) is 0 Å². The number of allylic oxidation sites excluding steroid dienone is 1. The minimum atomic E-state index is -0.586. The van der Waals surface area contributed by atoms with Gasteiger partial charge in [0.2, 0.25) is 0 Å². The maximum atomic E-state index is 2.43. The SMILES string of the molecule is CC1=Cc2ccccc2C1[SiH](C)C.[Ti+2]. The van der Waals surface area contributed by atoms with Crippen LogP contribution in [0.5, 0.6) is 0 Å². The van der Waals surface area contributed by atoms with Crippen LogP contribution in [0.15, 0.2) is 29.8 Å². The van der Waals surface area contributed by atoms with E-state index in [0.29, 0.717) is 0 Å². The van der Waals surface area contributed by atoms with Crippen molar-refractivity contribution >= 4 is 14.9 Å². The summed E-state index contributed by atoms with van der Waals surface area (Å²) in [6.45, 7) is 7.14. The molecule has 0 saturated carbocycles. The first-order valence-corrected chi connectivity index (χ1v) is 7.95. The Bertz CT molecular complexity index is 355. The van der Waals surface area contributed by atoms with Gasteiger partial charge >= 0.3 is 21.7 Å². The molecule has 1 aromatic carbocycles. The summed E-state index contributed by atoms with van der Waals surface area (Å²) in [4.78, 5) is 0. The number of rotatable bonds is 1. The van der Waals surface area contributed by atoms with Crippen LogP contribution in [0.1, 0.15) is 23.6 Å². The maximum absolute atomic E-state index is 2.43. The first-order chi connectivity index (χ1) is 6.20. The summed E-state index contributed by atoms with van der Waals surface area (Å²) < 4.78 is 0. The summed E-state index contributed by atoms with van der Waals surface area (Å²) in [5.74, 6) is 0. The van der Waals surface area contributed by atoms with Crippen molar-refractivity contribution in [2.24, 2.45) is 0 Å². The zero-order valence-corrected chi connectivity index (χ0v) is 11.8. The molecule has 1 aliphatic carbocycles. The van der Waals surface area contributed by atoms with Crippen molar-refractivity contribution in [1.82, 2.24) is 0 Å². The Labute approximate surface area is 103 Å². The van der Waals surface area contributed by atoms with Gasteiger partial charge in [-0.15, -0.1) is 0 Å². The van der Waals surface area contributed by atoms with Crippen LogP contribution in [0, 0.1) is 0 Å². The Hall–Kier alpha value is -0.109. The standard InChI is InChI=1S/C12H16Si.Ti/c1-9-8-10-6-4-5-7-11(10)12(9)13(2)3;/h4-8,12-13H,1-3H3;/q;+2. The van der Waals surface area contributed by atoms with Crippen LogP contribution < -0.4 is 0 Å². The van der Waals surface area contributed by atoms with Crippen molar-refractivity contribution in [3.05, 3.63) is 41.0 Å². The van der Waals surface area contributed by atoms with E-state index in [1.54, 1.807) is 11.1 Å². The summed E-state index contributed by atoms with van der Waals surface area (Å²) in [6, 6.07) is 8.82. The molecule has 0 aliphatic heterocycles. The van der Waals surface area contributed by atoms with Crippen LogP contribution in [0.4, 0.5) is 0 Å². The van der Waals surface area contributed by atoms with Gasteiger partial charge in [0, 0.05) is 8.80 Å². The van der Waals surface area contributed by atoms with Crippen molar-refractivity contribution in [2.75, 3.05) is 0 Å². The Morgan fingerprint density at radius 3 is 2.43 bits per heavy atom. The minimum absolute atomic E-state index is 0. The summed E-state index contributed by atoms with van der Waals surface area (Å²) in [6.07, 6.45) is 2.35. The molecule has 2 heteroatoms. The molecular formula is C12H16SiTi+2. The quantitative estimate of drug-likeness (QED) is 0.657. The van der Waals surface area contributed by atoms with Crippen molar-refractivity contribution in [3.8, 4) is 0 Å². The number of hydrogen-bond donors (Lipinski definition) is 0. The van der Waals surface area contributed by atoms with Gasteiger partial charge in [0.25, 0.3) is 0 Å². The smallest absolute Gasteiger partial charge is 0.0714 e. The summed E-state index contributed by atoms with van der Waals surface area (Å²) in [5, 5.41) is 0. The Morgan fingerprint density at radius 2 is 1.79 bits per heavy atom. The Morgan fingerprint density at radius 1 is 1.14 bits per heavy atom. The molecule has 2 rings (SSSR count). The molecule has 0 saturated heterocycles. The van der Waals surface area contributed by atoms with Crippen LogP contribution in [0.2, 0.25) is 13.1 Å². The molecule has 0 heterocycles. The average molecular weight is 236 g/mol. The fraction of sp³-hybridized carbons (Fsp3) is 0.333. The van der Waals surface area contributed by atoms with Crippen LogP contribution in [-0.2, 0) is 21.7 Å². The normalized spacial score (nSPS) is 18.9. The van der Waals surface area contributed by atoms with E-state index in [-0.39, 0.29) is 21.7 Å². The number of fused-ring (bicyclic) bond motifs is 1. The van der Waals surface area contributed by atoms with Gasteiger partial charge in [-0.3, -0.25) is 0 Å². The van der Waals surface area contributed by atoms with Gasteiger partial charge in [0.15, 0.2) is 0 Å². The zero-order valence-electron chi connectivity index (χ0n) is 9.04. The predicted molar refractivity (Wildman–Crippen MR) is 61.7 cm³/mol. The molecule has 14 heavy (non-hydrogen) atoms. The molecule has 0 aromatic heterocycles. The Kier molecular flexibility index (Phi) is 3.94. The van der Waals surface area contributed by atoms with E-state index in [2.05, 4.69) is 50.4 Å². The minimum Gasteiger partial charge on any atom is -0.0714 e. The second-order valence-electron chi connectivity index (χ2n) is 4.24. The summed E-state index contributed by atoms with van der Waals surface area (Å²) in [7, 11) is -0.586. The Balaban J connectivity index is 0.000000980. The fourth-order valence-corrected chi connectivity index (χ4v) is 4.56. The van der Waals surface area contributed by atoms with Crippen molar-refractivity contribution in [2.45, 2.75) is 25.6 Å². The molecule has 0 radical (unpaired) electrons. The van der Waals surface area contributed by atoms with E-state index in [4.69, 9.17) is 0 Å². The van der Waals surface area contributed by atoms with Crippen LogP contribution in [0.3, 0.4) is 0 Å². The molecule has 1 atom stereocenters. The second kappa shape index (κ2) is 4.61. The number of hydrogen-bond acceptors (Lipinski definition) is 0. The van der Waals surface area contributed by atoms with Crippen LogP contribution >= 0.6 is 0 Å². The van der Waals surface area contributed by atoms with Gasteiger partial charge < -0.3 is 0 Å². The first kappa shape index (κ1) is 12.0. The predicted octanol–water partition coefficient (Wildman–Crippen LogP) is 3.21. The van der Waals surface area contributed by atoms with Gasteiger partial charge in [0.05, 0.1) is 0 Å². The van der Waals surface area contributed by atoms with Gasteiger partial charge in [0.1, 0.15) is 0 Å². The molecule has 1 unspecified atom stereocenters. The molecule has 0 bridgehead atoms. The molecule has 0 spiro atoms. The summed E-state index contributed by atoms with van der Waals surface area (Å²) in [5.41, 5.74) is 5.38. The third-order valence-corrected chi connectivity index (χ3v) is 5.09. The molecule has 0 nitrogen and oxygen atoms in total.